The van der Waals surface area contributed by atoms with Crippen molar-refractivity contribution in [2.45, 2.75) is 56.6 Å². The van der Waals surface area contributed by atoms with E-state index in [9.17, 15) is 10.1 Å². The van der Waals surface area contributed by atoms with E-state index in [1.165, 1.54) is 16.0 Å². The van der Waals surface area contributed by atoms with Gasteiger partial charge in [-0.2, -0.15) is 5.26 Å². The number of carbonyl (C=O) groups is 1. The summed E-state index contributed by atoms with van der Waals surface area (Å²) in [5.41, 5.74) is 15.1. The molecule has 1 atom stereocenters. The monoisotopic (exact) mass is 539 g/mol. The Labute approximate surface area is 233 Å². The molecule has 0 saturated carbocycles. The SMILES string of the molecule is Cc1cc(CSc2ccccc2C)c(C)c(C2C(C#N)=C(N)N(c3cccc(Cl)c3)C3=C2C(=O)CCC3)c1. The quantitative estimate of drug-likeness (QED) is 0.334. The van der Waals surface area contributed by atoms with Crippen LogP contribution in [-0.4, -0.2) is 5.78 Å². The Bertz CT molecular complexity index is 1550. The lowest BCUT2D eigenvalue weighted by molar-refractivity contribution is -0.116. The zero-order chi connectivity index (χ0) is 27.0. The van der Waals surface area contributed by atoms with Crippen molar-refractivity contribution in [2.24, 2.45) is 5.73 Å². The number of rotatable bonds is 5. The van der Waals surface area contributed by atoms with Crippen molar-refractivity contribution in [2.75, 3.05) is 4.90 Å². The maximum absolute atomic E-state index is 13.6. The van der Waals surface area contributed by atoms with Gasteiger partial charge in [0.1, 0.15) is 5.82 Å². The fraction of sp³-hybridized carbons (Fsp3) is 0.250. The number of nitrogens with zero attached hydrogens (tertiary/aromatic N) is 2. The van der Waals surface area contributed by atoms with Gasteiger partial charge in [0.2, 0.25) is 0 Å². The van der Waals surface area contributed by atoms with E-state index < -0.39 is 5.92 Å². The lowest BCUT2D eigenvalue weighted by Gasteiger charge is -2.40. The third-order valence-corrected chi connectivity index (χ3v) is 8.93. The van der Waals surface area contributed by atoms with Crippen molar-refractivity contribution in [3.63, 3.8) is 0 Å². The highest BCUT2D eigenvalue weighted by Crippen LogP contribution is 2.48. The van der Waals surface area contributed by atoms with Crippen molar-refractivity contribution in [1.29, 1.82) is 5.26 Å². The van der Waals surface area contributed by atoms with Crippen LogP contribution in [0.25, 0.3) is 0 Å². The molecule has 4 nitrogen and oxygen atoms in total. The molecule has 2 aliphatic rings. The lowest BCUT2D eigenvalue weighted by Crippen LogP contribution is -2.39. The van der Waals surface area contributed by atoms with Gasteiger partial charge >= 0.3 is 0 Å². The van der Waals surface area contributed by atoms with Gasteiger partial charge in [0.25, 0.3) is 0 Å². The summed E-state index contributed by atoms with van der Waals surface area (Å²) in [6.07, 6.45) is 1.93. The zero-order valence-corrected chi connectivity index (χ0v) is 23.4. The first-order valence-corrected chi connectivity index (χ1v) is 14.2. The van der Waals surface area contributed by atoms with Crippen LogP contribution in [0.3, 0.4) is 0 Å². The van der Waals surface area contributed by atoms with Crippen LogP contribution in [0.2, 0.25) is 5.02 Å². The van der Waals surface area contributed by atoms with Crippen LogP contribution in [0.15, 0.2) is 88.2 Å². The molecule has 5 rings (SSSR count). The van der Waals surface area contributed by atoms with Gasteiger partial charge in [0, 0.05) is 39.0 Å². The summed E-state index contributed by atoms with van der Waals surface area (Å²) in [6, 6.07) is 22.5. The summed E-state index contributed by atoms with van der Waals surface area (Å²) in [6.45, 7) is 6.30. The Morgan fingerprint density at radius 3 is 2.61 bits per heavy atom. The minimum Gasteiger partial charge on any atom is -0.384 e. The molecule has 1 aliphatic heterocycles. The fourth-order valence-corrected chi connectivity index (χ4v) is 6.86. The number of anilines is 1. The van der Waals surface area contributed by atoms with E-state index in [0.717, 1.165) is 40.2 Å². The molecule has 38 heavy (non-hydrogen) atoms. The molecule has 6 heteroatoms. The van der Waals surface area contributed by atoms with Crippen LogP contribution in [0.5, 0.6) is 0 Å². The smallest absolute Gasteiger partial charge is 0.161 e. The molecule has 0 bridgehead atoms. The van der Waals surface area contributed by atoms with E-state index in [0.29, 0.717) is 34.8 Å². The summed E-state index contributed by atoms with van der Waals surface area (Å²) < 4.78 is 0. The third kappa shape index (κ3) is 4.75. The average molecular weight is 540 g/mol. The Kier molecular flexibility index (Phi) is 7.38. The Morgan fingerprint density at radius 1 is 1.08 bits per heavy atom. The van der Waals surface area contributed by atoms with Crippen molar-refractivity contribution in [1.82, 2.24) is 0 Å². The molecule has 3 aromatic carbocycles. The van der Waals surface area contributed by atoms with Crippen LogP contribution >= 0.6 is 23.4 Å². The number of aryl methyl sites for hydroxylation is 2. The molecule has 192 valence electrons. The number of ketones is 1. The van der Waals surface area contributed by atoms with Crippen molar-refractivity contribution < 1.29 is 4.79 Å². The predicted octanol–water partition coefficient (Wildman–Crippen LogP) is 7.86. The summed E-state index contributed by atoms with van der Waals surface area (Å²) in [5, 5.41) is 11.0. The van der Waals surface area contributed by atoms with E-state index in [1.807, 2.05) is 23.1 Å². The molecular weight excluding hydrogens is 510 g/mol. The van der Waals surface area contributed by atoms with Gasteiger partial charge in [-0.3, -0.25) is 9.69 Å². The summed E-state index contributed by atoms with van der Waals surface area (Å²) in [4.78, 5) is 16.7. The first-order valence-electron chi connectivity index (χ1n) is 12.8. The molecule has 1 heterocycles. The molecule has 0 aromatic heterocycles. The van der Waals surface area contributed by atoms with E-state index in [-0.39, 0.29) is 5.78 Å². The molecule has 3 aromatic rings. The number of carbonyl (C=O) groups excluding carboxylic acids is 1. The molecule has 0 spiro atoms. The van der Waals surface area contributed by atoms with Gasteiger partial charge in [-0.15, -0.1) is 11.8 Å². The number of allylic oxidation sites excluding steroid dienone is 3. The largest absolute Gasteiger partial charge is 0.384 e. The number of thioether (sulfide) groups is 1. The summed E-state index contributed by atoms with van der Waals surface area (Å²) >= 11 is 8.12. The third-order valence-electron chi connectivity index (χ3n) is 7.47. The highest BCUT2D eigenvalue weighted by atomic mass is 35.5. The Balaban J connectivity index is 1.65. The number of benzene rings is 3. The number of Topliss-reactive ketones (excluding diaryl/α,β-unsaturated/α-hetero) is 1. The van der Waals surface area contributed by atoms with Crippen molar-refractivity contribution in [3.8, 4) is 6.07 Å². The molecule has 0 amide bonds. The maximum Gasteiger partial charge on any atom is 0.161 e. The standard InChI is InChI=1S/C32H30ClN3OS/c1-19-14-22(18-38-29-13-5-4-8-20(29)2)21(3)25(15-19)30-26(17-34)32(35)36(24-10-6-9-23(33)16-24)27-11-7-12-28(37)31(27)30/h4-6,8-10,13-16,30H,7,11-12,18,35H2,1-3H3. The topological polar surface area (TPSA) is 70.1 Å². The second kappa shape index (κ2) is 10.7. The van der Waals surface area contributed by atoms with Crippen LogP contribution in [-0.2, 0) is 10.5 Å². The first kappa shape index (κ1) is 26.2. The number of hydrogen-bond donors (Lipinski definition) is 1. The minimum atomic E-state index is -0.486. The fourth-order valence-electron chi connectivity index (χ4n) is 5.59. The van der Waals surface area contributed by atoms with Gasteiger partial charge in [-0.05, 0) is 80.1 Å². The minimum absolute atomic E-state index is 0.0836. The van der Waals surface area contributed by atoms with Gasteiger partial charge in [-0.25, -0.2) is 0 Å². The Morgan fingerprint density at radius 2 is 1.87 bits per heavy atom. The van der Waals surface area contributed by atoms with Crippen molar-refractivity contribution >= 4 is 34.8 Å². The van der Waals surface area contributed by atoms with Crippen molar-refractivity contribution in [3.05, 3.63) is 116 Å². The predicted molar refractivity (Wildman–Crippen MR) is 156 cm³/mol. The van der Waals surface area contributed by atoms with E-state index in [4.69, 9.17) is 17.3 Å². The van der Waals surface area contributed by atoms with Gasteiger partial charge in [0.05, 0.1) is 17.6 Å². The Hall–Kier alpha value is -3.46. The summed E-state index contributed by atoms with van der Waals surface area (Å²) in [5.74, 6) is 0.763. The molecule has 2 N–H and O–H groups in total. The number of nitrogens with two attached hydrogens (primary N) is 1. The van der Waals surface area contributed by atoms with E-state index >= 15 is 0 Å². The number of hydrogen-bond acceptors (Lipinski definition) is 5. The normalized spacial score (nSPS) is 17.5. The highest BCUT2D eigenvalue weighted by molar-refractivity contribution is 7.98. The van der Waals surface area contributed by atoms with Crippen LogP contribution in [0.1, 0.15) is 53.0 Å². The second-order valence-electron chi connectivity index (χ2n) is 9.99. The van der Waals surface area contributed by atoms with Gasteiger partial charge in [0.15, 0.2) is 5.78 Å². The van der Waals surface area contributed by atoms with Crippen LogP contribution < -0.4 is 10.6 Å². The number of halogens is 1. The molecule has 0 saturated heterocycles. The maximum atomic E-state index is 13.6. The van der Waals surface area contributed by atoms with Gasteiger partial charge < -0.3 is 5.73 Å². The molecule has 1 unspecified atom stereocenters. The lowest BCUT2D eigenvalue weighted by atomic mass is 9.73. The zero-order valence-electron chi connectivity index (χ0n) is 21.8. The molecule has 1 aliphatic carbocycles. The first-order chi connectivity index (χ1) is 18.3. The second-order valence-corrected chi connectivity index (χ2v) is 11.4. The molecule has 0 fully saturated rings. The highest BCUT2D eigenvalue weighted by Gasteiger charge is 2.41. The van der Waals surface area contributed by atoms with Crippen LogP contribution in [0, 0.1) is 32.1 Å². The van der Waals surface area contributed by atoms with Gasteiger partial charge in [-0.1, -0.05) is 53.6 Å². The molecule has 0 radical (unpaired) electrons. The average Bonchev–Trinajstić information content (AvgIpc) is 2.89. The molecular formula is C32H30ClN3OS. The number of nitriles is 1. The van der Waals surface area contributed by atoms with E-state index in [2.05, 4.69) is 63.2 Å². The summed E-state index contributed by atoms with van der Waals surface area (Å²) in [7, 11) is 0. The van der Waals surface area contributed by atoms with Crippen LogP contribution in [0.4, 0.5) is 5.69 Å². The van der Waals surface area contributed by atoms with E-state index in [1.54, 1.807) is 17.8 Å².